The average molecular weight is 402 g/mol. The number of benzene rings is 1. The van der Waals surface area contributed by atoms with Crippen LogP contribution in [0.4, 0.5) is 8.68 Å². The maximum atomic E-state index is 13.3. The van der Waals surface area contributed by atoms with Crippen LogP contribution in [0.5, 0.6) is 0 Å². The Morgan fingerprint density at radius 1 is 1.19 bits per heavy atom. The molecule has 2 N–H and O–H groups in total. The number of nitrogens with zero attached hydrogens (tertiary/aromatic N) is 2. The van der Waals surface area contributed by atoms with Crippen molar-refractivity contribution in [3.63, 3.8) is 0 Å². The minimum absolute atomic E-state index is 0.101. The highest BCUT2D eigenvalue weighted by Crippen LogP contribution is 2.17. The summed E-state index contributed by atoms with van der Waals surface area (Å²) in [5.41, 5.74) is -0.243. The van der Waals surface area contributed by atoms with Crippen molar-refractivity contribution in [3.8, 4) is 0 Å². The number of hydrogen-bond acceptors (Lipinski definition) is 7. The van der Waals surface area contributed by atoms with Crippen molar-refractivity contribution in [2.75, 3.05) is 26.2 Å². The lowest BCUT2D eigenvalue weighted by Gasteiger charge is -2.35. The number of amides is 1. The maximum absolute atomic E-state index is 13.3. The number of hydrogen-bond donors (Lipinski definition) is 2. The lowest BCUT2D eigenvalue weighted by Crippen LogP contribution is -2.49. The third-order valence-corrected chi connectivity index (χ3v) is 4.80. The van der Waals surface area contributed by atoms with Crippen molar-refractivity contribution >= 4 is 28.9 Å². The summed E-state index contributed by atoms with van der Waals surface area (Å²) in [5, 5.41) is 18.6. The van der Waals surface area contributed by atoms with Gasteiger partial charge in [0, 0.05) is 32.7 Å². The lowest BCUT2D eigenvalue weighted by atomic mass is 9.79. The highest BCUT2D eigenvalue weighted by Gasteiger charge is 2.26. The smallest absolute Gasteiger partial charge is 0.444 e. The standard InChI is InChI=1S/C16H24BFN2O6S/c1-16(2,3)26-15(21)20-6-4-19(5-7-20)11-12-8-13(17(22)23)10-14(9-12)27(18,24)25/h8-10,22-23H,4-7,11H2,1-3H3. The number of piperazine rings is 1. The van der Waals surface area contributed by atoms with Crippen LogP contribution in [0.1, 0.15) is 26.3 Å². The largest absolute Gasteiger partial charge is 0.488 e. The Hall–Kier alpha value is -1.69. The van der Waals surface area contributed by atoms with Gasteiger partial charge in [-0.1, -0.05) is 6.07 Å². The molecular weight excluding hydrogens is 378 g/mol. The molecule has 1 aliphatic heterocycles. The second-order valence-electron chi connectivity index (χ2n) is 7.47. The topological polar surface area (TPSA) is 107 Å². The zero-order valence-electron chi connectivity index (χ0n) is 15.6. The number of carbonyl (C=O) groups excluding carboxylic acids is 1. The number of ether oxygens (including phenoxy) is 1. The second-order valence-corrected chi connectivity index (χ2v) is 8.81. The van der Waals surface area contributed by atoms with E-state index in [1.807, 2.05) is 4.90 Å². The van der Waals surface area contributed by atoms with Crippen molar-refractivity contribution in [2.24, 2.45) is 0 Å². The molecule has 150 valence electrons. The molecule has 8 nitrogen and oxygen atoms in total. The van der Waals surface area contributed by atoms with Crippen LogP contribution in [0.15, 0.2) is 23.1 Å². The molecule has 2 rings (SSSR count). The summed E-state index contributed by atoms with van der Waals surface area (Å²) >= 11 is 0. The van der Waals surface area contributed by atoms with Crippen molar-refractivity contribution in [1.82, 2.24) is 9.80 Å². The zero-order chi connectivity index (χ0) is 20.4. The summed E-state index contributed by atoms with van der Waals surface area (Å²) in [4.78, 5) is 15.0. The highest BCUT2D eigenvalue weighted by molar-refractivity contribution is 7.86. The van der Waals surface area contributed by atoms with Crippen molar-refractivity contribution < 1.29 is 31.9 Å². The Morgan fingerprint density at radius 2 is 1.78 bits per heavy atom. The van der Waals surface area contributed by atoms with Crippen molar-refractivity contribution in [1.29, 1.82) is 0 Å². The first-order chi connectivity index (χ1) is 12.3. The van der Waals surface area contributed by atoms with Gasteiger partial charge in [0.05, 0.1) is 4.90 Å². The normalized spacial score (nSPS) is 16.3. The Bertz CT molecular complexity index is 789. The molecule has 0 atom stereocenters. The first kappa shape index (κ1) is 21.6. The molecule has 27 heavy (non-hydrogen) atoms. The third-order valence-electron chi connectivity index (χ3n) is 4.00. The van der Waals surface area contributed by atoms with Crippen LogP contribution in [0.2, 0.25) is 0 Å². The zero-order valence-corrected chi connectivity index (χ0v) is 16.4. The summed E-state index contributed by atoms with van der Waals surface area (Å²) in [6, 6.07) is 3.48. The summed E-state index contributed by atoms with van der Waals surface area (Å²) < 4.78 is 41.0. The van der Waals surface area contributed by atoms with E-state index in [0.29, 0.717) is 31.7 Å². The van der Waals surface area contributed by atoms with Crippen LogP contribution < -0.4 is 5.46 Å². The van der Waals surface area contributed by atoms with Crippen LogP contribution in [0, 0.1) is 0 Å². The fourth-order valence-electron chi connectivity index (χ4n) is 2.74. The Morgan fingerprint density at radius 3 is 2.26 bits per heavy atom. The predicted octanol–water partition coefficient (Wildman–Crippen LogP) is 0.0773. The van der Waals surface area contributed by atoms with Gasteiger partial charge in [-0.25, -0.2) is 4.79 Å². The molecule has 0 saturated carbocycles. The van der Waals surface area contributed by atoms with Gasteiger partial charge in [-0.3, -0.25) is 4.90 Å². The highest BCUT2D eigenvalue weighted by atomic mass is 32.3. The molecule has 1 fully saturated rings. The molecule has 0 spiro atoms. The molecule has 1 heterocycles. The molecule has 0 bridgehead atoms. The van der Waals surface area contributed by atoms with E-state index >= 15 is 0 Å². The van der Waals surface area contributed by atoms with Gasteiger partial charge in [0.2, 0.25) is 0 Å². The van der Waals surface area contributed by atoms with E-state index in [2.05, 4.69) is 0 Å². The molecule has 1 amide bonds. The molecule has 11 heteroatoms. The van der Waals surface area contributed by atoms with E-state index < -0.39 is 33.9 Å². The van der Waals surface area contributed by atoms with E-state index in [0.717, 1.165) is 6.07 Å². The first-order valence-corrected chi connectivity index (χ1v) is 9.88. The van der Waals surface area contributed by atoms with E-state index in [9.17, 15) is 27.1 Å². The van der Waals surface area contributed by atoms with Gasteiger partial charge in [-0.2, -0.15) is 8.42 Å². The van der Waals surface area contributed by atoms with Crippen LogP contribution in [-0.4, -0.2) is 73.3 Å². The molecule has 1 aliphatic rings. The van der Waals surface area contributed by atoms with Gasteiger partial charge >= 0.3 is 23.4 Å². The van der Waals surface area contributed by atoms with E-state index in [4.69, 9.17) is 4.74 Å². The van der Waals surface area contributed by atoms with E-state index in [1.165, 1.54) is 12.1 Å². The summed E-state index contributed by atoms with van der Waals surface area (Å²) in [6.07, 6.45) is -0.390. The van der Waals surface area contributed by atoms with Gasteiger partial charge < -0.3 is 19.7 Å². The predicted molar refractivity (Wildman–Crippen MR) is 97.6 cm³/mol. The molecule has 0 aliphatic carbocycles. The first-order valence-electron chi connectivity index (χ1n) is 8.50. The minimum Gasteiger partial charge on any atom is -0.444 e. The van der Waals surface area contributed by atoms with Crippen LogP contribution in [0.3, 0.4) is 0 Å². The number of halogens is 1. The summed E-state index contributed by atoms with van der Waals surface area (Å²) in [5.74, 6) is 0. The van der Waals surface area contributed by atoms with Gasteiger partial charge in [0.15, 0.2) is 0 Å². The van der Waals surface area contributed by atoms with Crippen LogP contribution >= 0.6 is 0 Å². The van der Waals surface area contributed by atoms with Crippen LogP contribution in [0.25, 0.3) is 0 Å². The molecule has 1 aromatic rings. The Kier molecular flexibility index (Phi) is 6.51. The van der Waals surface area contributed by atoms with Crippen LogP contribution in [-0.2, 0) is 21.5 Å². The quantitative estimate of drug-likeness (QED) is 0.543. The summed E-state index contributed by atoms with van der Waals surface area (Å²) in [7, 11) is -6.88. The third kappa shape index (κ3) is 6.45. The summed E-state index contributed by atoms with van der Waals surface area (Å²) in [6.45, 7) is 7.56. The van der Waals surface area contributed by atoms with Crippen molar-refractivity contribution in [3.05, 3.63) is 23.8 Å². The SMILES string of the molecule is CC(C)(C)OC(=O)N1CCN(Cc2cc(B(O)O)cc(S(=O)(=O)F)c2)CC1. The van der Waals surface area contributed by atoms with Crippen molar-refractivity contribution in [2.45, 2.75) is 37.8 Å². The molecule has 0 radical (unpaired) electrons. The fraction of sp³-hybridized carbons (Fsp3) is 0.562. The lowest BCUT2D eigenvalue weighted by molar-refractivity contribution is 0.0139. The molecule has 1 saturated heterocycles. The Labute approximate surface area is 158 Å². The minimum atomic E-state index is -4.97. The fourth-order valence-corrected chi connectivity index (χ4v) is 3.31. The molecule has 0 aromatic heterocycles. The number of carbonyl (C=O) groups is 1. The second kappa shape index (κ2) is 8.13. The Balaban J connectivity index is 2.05. The van der Waals surface area contributed by atoms with Gasteiger partial charge in [0.1, 0.15) is 5.60 Å². The molecule has 0 unspecified atom stereocenters. The van der Waals surface area contributed by atoms with E-state index in [1.54, 1.807) is 25.7 Å². The maximum Gasteiger partial charge on any atom is 0.488 e. The molecular formula is C16H24BFN2O6S. The van der Waals surface area contributed by atoms with E-state index in [-0.39, 0.29) is 12.0 Å². The average Bonchev–Trinajstić information content (AvgIpc) is 2.52. The van der Waals surface area contributed by atoms with Gasteiger partial charge in [0.25, 0.3) is 0 Å². The van der Waals surface area contributed by atoms with Gasteiger partial charge in [-0.15, -0.1) is 3.89 Å². The van der Waals surface area contributed by atoms with Gasteiger partial charge in [-0.05, 0) is 43.9 Å². The number of rotatable bonds is 4. The monoisotopic (exact) mass is 402 g/mol. The molecule has 1 aromatic carbocycles.